The standard InChI is InChI=1S/C23H23N3O5/c1-2-31-20(28)16-10-4-6-12-18(16)24-19(27)14-26-21(29)23(25-22(26)30)13-7-9-15-8-3-5-11-17(15)23/h3-6,8,10-12H,2,7,9,13-14H2,1H3,(H,24,27)(H,25,30). The largest absolute Gasteiger partial charge is 0.462 e. The topological polar surface area (TPSA) is 105 Å². The number of rotatable bonds is 5. The first-order chi connectivity index (χ1) is 15.0. The zero-order chi connectivity index (χ0) is 22.0. The number of amides is 4. The van der Waals surface area contributed by atoms with Crippen molar-refractivity contribution >= 4 is 29.5 Å². The minimum Gasteiger partial charge on any atom is -0.462 e. The van der Waals surface area contributed by atoms with Crippen LogP contribution in [0.2, 0.25) is 0 Å². The molecule has 2 aromatic rings. The Kier molecular flexibility index (Phi) is 5.46. The lowest BCUT2D eigenvalue weighted by Crippen LogP contribution is -2.47. The van der Waals surface area contributed by atoms with E-state index >= 15 is 0 Å². The number of nitrogens with zero attached hydrogens (tertiary/aromatic N) is 1. The predicted octanol–water partition coefficient (Wildman–Crippen LogP) is 2.59. The summed E-state index contributed by atoms with van der Waals surface area (Å²) in [5, 5.41) is 5.44. The number of anilines is 1. The second kappa shape index (κ2) is 8.22. The monoisotopic (exact) mass is 421 g/mol. The van der Waals surface area contributed by atoms with Gasteiger partial charge in [-0.15, -0.1) is 0 Å². The Hall–Kier alpha value is -3.68. The van der Waals surface area contributed by atoms with E-state index < -0.39 is 35.9 Å². The number of para-hydroxylation sites is 1. The SMILES string of the molecule is CCOC(=O)c1ccccc1NC(=O)CN1C(=O)NC2(CCCc3ccccc32)C1=O. The summed E-state index contributed by atoms with van der Waals surface area (Å²) in [5.41, 5.74) is 1.14. The second-order valence-electron chi connectivity index (χ2n) is 7.55. The zero-order valence-electron chi connectivity index (χ0n) is 17.1. The molecule has 160 valence electrons. The summed E-state index contributed by atoms with van der Waals surface area (Å²) in [7, 11) is 0. The molecule has 1 aliphatic carbocycles. The molecule has 8 nitrogen and oxygen atoms in total. The van der Waals surface area contributed by atoms with Crippen LogP contribution in [0.15, 0.2) is 48.5 Å². The molecule has 1 atom stereocenters. The molecule has 0 aromatic heterocycles. The highest BCUT2D eigenvalue weighted by Crippen LogP contribution is 2.39. The van der Waals surface area contributed by atoms with Gasteiger partial charge in [-0.3, -0.25) is 14.5 Å². The first-order valence-corrected chi connectivity index (χ1v) is 10.2. The van der Waals surface area contributed by atoms with E-state index in [1.807, 2.05) is 24.3 Å². The number of urea groups is 1. The average Bonchev–Trinajstić information content (AvgIpc) is 2.99. The summed E-state index contributed by atoms with van der Waals surface area (Å²) >= 11 is 0. The van der Waals surface area contributed by atoms with Crippen molar-refractivity contribution in [3.05, 3.63) is 65.2 Å². The van der Waals surface area contributed by atoms with Crippen molar-refractivity contribution in [3.8, 4) is 0 Å². The third-order valence-corrected chi connectivity index (χ3v) is 5.65. The van der Waals surface area contributed by atoms with Crippen LogP contribution in [0.25, 0.3) is 0 Å². The van der Waals surface area contributed by atoms with Crippen LogP contribution in [0.5, 0.6) is 0 Å². The van der Waals surface area contributed by atoms with E-state index in [2.05, 4.69) is 10.6 Å². The van der Waals surface area contributed by atoms with Gasteiger partial charge in [0, 0.05) is 0 Å². The Morgan fingerprint density at radius 2 is 1.87 bits per heavy atom. The van der Waals surface area contributed by atoms with E-state index in [9.17, 15) is 19.2 Å². The second-order valence-corrected chi connectivity index (χ2v) is 7.55. The summed E-state index contributed by atoms with van der Waals surface area (Å²) < 4.78 is 5.01. The molecular formula is C23H23N3O5. The molecule has 1 aliphatic heterocycles. The zero-order valence-corrected chi connectivity index (χ0v) is 17.1. The Morgan fingerprint density at radius 1 is 1.13 bits per heavy atom. The first kappa shape index (κ1) is 20.6. The highest BCUT2D eigenvalue weighted by Gasteiger charge is 2.54. The summed E-state index contributed by atoms with van der Waals surface area (Å²) in [5.74, 6) is -1.58. The molecule has 0 saturated carbocycles. The van der Waals surface area contributed by atoms with Gasteiger partial charge in [0.25, 0.3) is 5.91 Å². The summed E-state index contributed by atoms with van der Waals surface area (Å²) in [6.45, 7) is 1.44. The van der Waals surface area contributed by atoms with Gasteiger partial charge in [-0.2, -0.15) is 0 Å². The Balaban J connectivity index is 1.53. The Bertz CT molecular complexity index is 1070. The highest BCUT2D eigenvalue weighted by atomic mass is 16.5. The highest BCUT2D eigenvalue weighted by molar-refractivity contribution is 6.11. The van der Waals surface area contributed by atoms with Crippen molar-refractivity contribution in [1.29, 1.82) is 0 Å². The molecular weight excluding hydrogens is 398 g/mol. The fourth-order valence-corrected chi connectivity index (χ4v) is 4.27. The Labute approximate surface area is 179 Å². The van der Waals surface area contributed by atoms with Crippen LogP contribution < -0.4 is 10.6 Å². The number of fused-ring (bicyclic) bond motifs is 2. The van der Waals surface area contributed by atoms with E-state index in [0.29, 0.717) is 6.42 Å². The fourth-order valence-electron chi connectivity index (χ4n) is 4.27. The first-order valence-electron chi connectivity index (χ1n) is 10.2. The number of carbonyl (C=O) groups is 4. The quantitative estimate of drug-likeness (QED) is 0.570. The molecule has 1 heterocycles. The molecule has 1 fully saturated rings. The molecule has 8 heteroatoms. The molecule has 1 saturated heterocycles. The van der Waals surface area contributed by atoms with Gasteiger partial charge in [-0.05, 0) is 49.4 Å². The van der Waals surface area contributed by atoms with Crippen LogP contribution in [0.3, 0.4) is 0 Å². The molecule has 0 radical (unpaired) electrons. The van der Waals surface area contributed by atoms with Crippen molar-refractivity contribution in [3.63, 3.8) is 0 Å². The maximum atomic E-state index is 13.3. The van der Waals surface area contributed by atoms with E-state index in [-0.39, 0.29) is 17.9 Å². The van der Waals surface area contributed by atoms with Crippen LogP contribution in [-0.4, -0.2) is 41.9 Å². The molecule has 1 unspecified atom stereocenters. The summed E-state index contributed by atoms with van der Waals surface area (Å²) in [4.78, 5) is 51.7. The van der Waals surface area contributed by atoms with Gasteiger partial charge in [0.1, 0.15) is 12.1 Å². The predicted molar refractivity (Wildman–Crippen MR) is 112 cm³/mol. The van der Waals surface area contributed by atoms with Gasteiger partial charge in [0.05, 0.1) is 17.9 Å². The molecule has 2 aliphatic rings. The number of hydrogen-bond donors (Lipinski definition) is 2. The number of hydrogen-bond acceptors (Lipinski definition) is 5. The van der Waals surface area contributed by atoms with Crippen molar-refractivity contribution in [1.82, 2.24) is 10.2 Å². The number of esters is 1. The molecule has 2 N–H and O–H groups in total. The van der Waals surface area contributed by atoms with Gasteiger partial charge in [0.2, 0.25) is 5.91 Å². The third-order valence-electron chi connectivity index (χ3n) is 5.65. The van der Waals surface area contributed by atoms with Crippen LogP contribution in [-0.2, 0) is 26.3 Å². The number of benzene rings is 2. The maximum Gasteiger partial charge on any atom is 0.340 e. The van der Waals surface area contributed by atoms with Gasteiger partial charge in [0.15, 0.2) is 0 Å². The molecule has 2 aromatic carbocycles. The summed E-state index contributed by atoms with van der Waals surface area (Å²) in [6, 6.07) is 13.4. The minimum absolute atomic E-state index is 0.201. The molecule has 31 heavy (non-hydrogen) atoms. The summed E-state index contributed by atoms with van der Waals surface area (Å²) in [6.07, 6.45) is 2.08. The van der Waals surface area contributed by atoms with E-state index in [1.54, 1.807) is 25.1 Å². The number of imide groups is 1. The van der Waals surface area contributed by atoms with Crippen LogP contribution in [0, 0.1) is 0 Å². The average molecular weight is 421 g/mol. The normalized spacial score (nSPS) is 19.7. The molecule has 4 amide bonds. The van der Waals surface area contributed by atoms with Crippen molar-refractivity contribution in [2.24, 2.45) is 0 Å². The number of ether oxygens (including phenoxy) is 1. The van der Waals surface area contributed by atoms with Gasteiger partial charge < -0.3 is 15.4 Å². The molecule has 1 spiro atoms. The number of nitrogens with one attached hydrogen (secondary N) is 2. The molecule has 0 bridgehead atoms. The lowest BCUT2D eigenvalue weighted by Gasteiger charge is -2.33. The van der Waals surface area contributed by atoms with Crippen molar-refractivity contribution < 1.29 is 23.9 Å². The van der Waals surface area contributed by atoms with Crippen LogP contribution in [0.4, 0.5) is 10.5 Å². The van der Waals surface area contributed by atoms with Crippen LogP contribution in [0.1, 0.15) is 41.3 Å². The van der Waals surface area contributed by atoms with E-state index in [1.165, 1.54) is 6.07 Å². The van der Waals surface area contributed by atoms with E-state index in [4.69, 9.17) is 4.74 Å². The maximum absolute atomic E-state index is 13.3. The minimum atomic E-state index is -1.13. The Morgan fingerprint density at radius 3 is 2.68 bits per heavy atom. The lowest BCUT2D eigenvalue weighted by atomic mass is 9.76. The van der Waals surface area contributed by atoms with Crippen molar-refractivity contribution in [2.45, 2.75) is 31.7 Å². The van der Waals surface area contributed by atoms with Gasteiger partial charge in [-0.25, -0.2) is 9.59 Å². The van der Waals surface area contributed by atoms with Gasteiger partial charge in [-0.1, -0.05) is 36.4 Å². The smallest absolute Gasteiger partial charge is 0.340 e. The fraction of sp³-hybridized carbons (Fsp3) is 0.304. The number of aryl methyl sites for hydroxylation is 1. The molecule has 4 rings (SSSR count). The third kappa shape index (κ3) is 3.65. The van der Waals surface area contributed by atoms with Crippen LogP contribution >= 0.6 is 0 Å². The van der Waals surface area contributed by atoms with E-state index in [0.717, 1.165) is 28.9 Å². The van der Waals surface area contributed by atoms with Gasteiger partial charge >= 0.3 is 12.0 Å². The number of carbonyl (C=O) groups excluding carboxylic acids is 4. The lowest BCUT2D eigenvalue weighted by molar-refractivity contribution is -0.134. The van der Waals surface area contributed by atoms with Crippen molar-refractivity contribution in [2.75, 3.05) is 18.5 Å².